The van der Waals surface area contributed by atoms with Crippen molar-refractivity contribution < 1.29 is 18.0 Å². The van der Waals surface area contributed by atoms with Crippen molar-refractivity contribution in [2.45, 2.75) is 26.9 Å². The van der Waals surface area contributed by atoms with E-state index < -0.39 is 11.7 Å². The zero-order valence-corrected chi connectivity index (χ0v) is 18.5. The number of amidine groups is 1. The summed E-state index contributed by atoms with van der Waals surface area (Å²) >= 11 is 0. The van der Waals surface area contributed by atoms with E-state index in [9.17, 15) is 18.0 Å². The lowest BCUT2D eigenvalue weighted by Crippen LogP contribution is -2.48. The summed E-state index contributed by atoms with van der Waals surface area (Å²) in [4.78, 5) is 32.1. The molecule has 1 aliphatic heterocycles. The van der Waals surface area contributed by atoms with Crippen molar-refractivity contribution in [3.63, 3.8) is 0 Å². The average Bonchev–Trinajstić information content (AvgIpc) is 2.74. The maximum Gasteiger partial charge on any atom is 0.417 e. The highest BCUT2D eigenvalue weighted by atomic mass is 19.4. The van der Waals surface area contributed by atoms with Gasteiger partial charge < -0.3 is 21.3 Å². The van der Waals surface area contributed by atoms with Crippen LogP contribution in [-0.4, -0.2) is 58.7 Å². The first-order valence-corrected chi connectivity index (χ1v) is 10.2. The fraction of sp³-hybridized carbons (Fsp3) is 0.381. The molecular formula is C21H25F3N8O. The van der Waals surface area contributed by atoms with E-state index in [-0.39, 0.29) is 34.9 Å². The predicted octanol–water partition coefficient (Wildman–Crippen LogP) is 2.46. The van der Waals surface area contributed by atoms with Gasteiger partial charge in [-0.05, 0) is 19.9 Å². The maximum absolute atomic E-state index is 13.7. The molecule has 9 nitrogen and oxygen atoms in total. The van der Waals surface area contributed by atoms with Gasteiger partial charge in [0.15, 0.2) is 11.6 Å². The number of aliphatic imine (C=N–C) groups is 2. The minimum atomic E-state index is -4.60. The zero-order valence-electron chi connectivity index (χ0n) is 18.5. The molecule has 12 heteroatoms. The number of aromatic nitrogens is 2. The minimum Gasteiger partial charge on any atom is -0.387 e. The van der Waals surface area contributed by atoms with Gasteiger partial charge in [0.2, 0.25) is 11.9 Å². The van der Waals surface area contributed by atoms with Gasteiger partial charge in [-0.15, -0.1) is 0 Å². The molecule has 0 unspecified atom stereocenters. The molecular weight excluding hydrogens is 437 g/mol. The summed E-state index contributed by atoms with van der Waals surface area (Å²) < 4.78 is 41.0. The Morgan fingerprint density at radius 1 is 1.06 bits per heavy atom. The molecule has 1 aromatic carbocycles. The van der Waals surface area contributed by atoms with E-state index in [2.05, 4.69) is 20.0 Å². The van der Waals surface area contributed by atoms with Crippen LogP contribution >= 0.6 is 0 Å². The Bertz CT molecular complexity index is 1100. The van der Waals surface area contributed by atoms with Crippen LogP contribution in [0.4, 0.5) is 24.8 Å². The molecule has 0 bridgehead atoms. The number of piperazine rings is 1. The summed E-state index contributed by atoms with van der Waals surface area (Å²) in [5.41, 5.74) is 10.9. The molecule has 1 amide bonds. The molecule has 4 N–H and O–H groups in total. The number of nitrogens with two attached hydrogens (primary N) is 2. The molecule has 3 rings (SSSR count). The Morgan fingerprint density at radius 2 is 1.70 bits per heavy atom. The second kappa shape index (κ2) is 9.43. The number of hydrogen-bond donors (Lipinski definition) is 2. The van der Waals surface area contributed by atoms with Crippen molar-refractivity contribution in [3.05, 3.63) is 35.4 Å². The van der Waals surface area contributed by atoms with Gasteiger partial charge in [0.05, 0.1) is 11.4 Å². The average molecular weight is 462 g/mol. The molecule has 0 saturated carbocycles. The van der Waals surface area contributed by atoms with Crippen LogP contribution in [0.15, 0.2) is 34.3 Å². The number of rotatable bonds is 3. The van der Waals surface area contributed by atoms with E-state index in [1.807, 2.05) is 4.90 Å². The van der Waals surface area contributed by atoms with E-state index >= 15 is 0 Å². The fourth-order valence-electron chi connectivity index (χ4n) is 3.50. The van der Waals surface area contributed by atoms with Gasteiger partial charge >= 0.3 is 6.18 Å². The lowest BCUT2D eigenvalue weighted by atomic mass is 10.1. The Balaban J connectivity index is 2.16. The van der Waals surface area contributed by atoms with Crippen LogP contribution in [0.2, 0.25) is 0 Å². The third kappa shape index (κ3) is 5.57. The number of nitrogens with zero attached hydrogens (tertiary/aromatic N) is 6. The second-order valence-corrected chi connectivity index (χ2v) is 7.58. The van der Waals surface area contributed by atoms with Crippen LogP contribution in [0.1, 0.15) is 25.0 Å². The normalized spacial score (nSPS) is 15.7. The number of guanidine groups is 1. The largest absolute Gasteiger partial charge is 0.417 e. The third-order valence-electron chi connectivity index (χ3n) is 5.10. The molecule has 0 radical (unpaired) electrons. The summed E-state index contributed by atoms with van der Waals surface area (Å²) in [5, 5.41) is 0. The van der Waals surface area contributed by atoms with Crippen LogP contribution in [0.5, 0.6) is 0 Å². The van der Waals surface area contributed by atoms with Gasteiger partial charge in [0.25, 0.3) is 0 Å². The molecule has 2 aromatic rings. The van der Waals surface area contributed by atoms with Crippen LogP contribution in [-0.2, 0) is 11.0 Å². The number of carbonyl (C=O) groups excluding carboxylic acids is 1. The van der Waals surface area contributed by atoms with Crippen LogP contribution < -0.4 is 16.4 Å². The van der Waals surface area contributed by atoms with Crippen molar-refractivity contribution in [2.75, 3.05) is 31.1 Å². The van der Waals surface area contributed by atoms with Gasteiger partial charge in [-0.25, -0.2) is 15.0 Å². The monoisotopic (exact) mass is 462 g/mol. The predicted molar refractivity (Wildman–Crippen MR) is 120 cm³/mol. The number of amides is 1. The van der Waals surface area contributed by atoms with E-state index in [0.717, 1.165) is 6.07 Å². The summed E-state index contributed by atoms with van der Waals surface area (Å²) in [7, 11) is 0. The Kier molecular flexibility index (Phi) is 6.84. The van der Waals surface area contributed by atoms with Crippen molar-refractivity contribution >= 4 is 29.3 Å². The molecule has 176 valence electrons. The van der Waals surface area contributed by atoms with E-state index in [4.69, 9.17) is 11.5 Å². The van der Waals surface area contributed by atoms with E-state index in [0.29, 0.717) is 37.6 Å². The summed E-state index contributed by atoms with van der Waals surface area (Å²) in [6, 6.07) is 5.07. The quantitative estimate of drug-likeness (QED) is 0.533. The van der Waals surface area contributed by atoms with Crippen LogP contribution in [0, 0.1) is 6.92 Å². The van der Waals surface area contributed by atoms with E-state index in [1.54, 1.807) is 11.8 Å². The zero-order chi connectivity index (χ0) is 24.3. The van der Waals surface area contributed by atoms with Gasteiger partial charge in [0.1, 0.15) is 5.82 Å². The first-order valence-electron chi connectivity index (χ1n) is 10.2. The highest BCUT2D eigenvalue weighted by molar-refractivity contribution is 5.94. The molecule has 1 aromatic heterocycles. The topological polar surface area (TPSA) is 126 Å². The summed E-state index contributed by atoms with van der Waals surface area (Å²) in [6.45, 7) is 6.56. The van der Waals surface area contributed by atoms with Gasteiger partial charge in [-0.3, -0.25) is 4.79 Å². The third-order valence-corrected chi connectivity index (χ3v) is 5.10. The van der Waals surface area contributed by atoms with Crippen molar-refractivity contribution in [1.82, 2.24) is 14.9 Å². The molecule has 1 saturated heterocycles. The Labute approximate surface area is 189 Å². The first-order chi connectivity index (χ1) is 15.5. The van der Waals surface area contributed by atoms with Gasteiger partial charge in [-0.1, -0.05) is 18.2 Å². The van der Waals surface area contributed by atoms with Crippen molar-refractivity contribution in [1.29, 1.82) is 0 Å². The summed E-state index contributed by atoms with van der Waals surface area (Å²) in [5.74, 6) is 0.313. The number of hydrogen-bond acceptors (Lipinski definition) is 5. The number of alkyl halides is 3. The molecule has 1 fully saturated rings. The standard InChI is InChI=1S/C21H25F3N8O/c1-12-17(30-20(26)27-13(2)25)28-18(15-6-4-5-7-16(15)21(22,23)24)29-19(12)32-10-8-31(9-11-32)14(3)33/h4-7H,8-11H2,1-3H3,(H4,25,26,27,28,29,30). The molecule has 33 heavy (non-hydrogen) atoms. The smallest absolute Gasteiger partial charge is 0.387 e. The number of carbonyl (C=O) groups is 1. The highest BCUT2D eigenvalue weighted by Crippen LogP contribution is 2.38. The van der Waals surface area contributed by atoms with E-state index in [1.165, 1.54) is 32.0 Å². The van der Waals surface area contributed by atoms with Crippen LogP contribution in [0.25, 0.3) is 11.4 Å². The van der Waals surface area contributed by atoms with Crippen molar-refractivity contribution in [3.8, 4) is 11.4 Å². The highest BCUT2D eigenvalue weighted by Gasteiger charge is 2.34. The minimum absolute atomic E-state index is 0.0399. The molecule has 0 atom stereocenters. The number of halogens is 3. The Hall–Kier alpha value is -3.70. The molecule has 2 heterocycles. The number of anilines is 1. The SMILES string of the molecule is CC(=O)N1CCN(c2nc(-c3ccccc3C(F)(F)F)nc(N=C(N)N=C(C)N)c2C)CC1. The second-order valence-electron chi connectivity index (χ2n) is 7.58. The lowest BCUT2D eigenvalue weighted by Gasteiger charge is -2.35. The maximum atomic E-state index is 13.7. The molecule has 0 spiro atoms. The molecule has 1 aliphatic rings. The molecule has 0 aliphatic carbocycles. The van der Waals surface area contributed by atoms with Crippen molar-refractivity contribution in [2.24, 2.45) is 21.5 Å². The van der Waals surface area contributed by atoms with Gasteiger partial charge in [-0.2, -0.15) is 18.2 Å². The Morgan fingerprint density at radius 3 is 2.27 bits per heavy atom. The lowest BCUT2D eigenvalue weighted by molar-refractivity contribution is -0.137. The number of benzene rings is 1. The van der Waals surface area contributed by atoms with Crippen LogP contribution in [0.3, 0.4) is 0 Å². The summed E-state index contributed by atoms with van der Waals surface area (Å²) in [6.07, 6.45) is -4.60. The van der Waals surface area contributed by atoms with Gasteiger partial charge in [0, 0.05) is 44.2 Å². The fourth-order valence-corrected chi connectivity index (χ4v) is 3.50. The first kappa shape index (κ1) is 24.0.